The minimum Gasteiger partial charge on any atom is -0.495 e. The molecule has 3 N–H and O–H groups in total. The molecule has 1 aromatic carbocycles. The van der Waals surface area contributed by atoms with Gasteiger partial charge in [0, 0.05) is 44.4 Å². The van der Waals surface area contributed by atoms with Gasteiger partial charge in [-0.15, -0.1) is 0 Å². The van der Waals surface area contributed by atoms with Crippen molar-refractivity contribution in [3.8, 4) is 5.75 Å². The van der Waals surface area contributed by atoms with Crippen LogP contribution < -0.4 is 20.7 Å². The van der Waals surface area contributed by atoms with E-state index in [2.05, 4.69) is 20.1 Å². The highest BCUT2D eigenvalue weighted by Gasteiger charge is 2.18. The van der Waals surface area contributed by atoms with Crippen LogP contribution in [0.1, 0.15) is 23.2 Å². The van der Waals surface area contributed by atoms with Crippen LogP contribution in [0.25, 0.3) is 0 Å². The lowest BCUT2D eigenvalue weighted by molar-refractivity contribution is 0.0974. The van der Waals surface area contributed by atoms with Crippen LogP contribution in [-0.4, -0.2) is 61.5 Å². The molecule has 0 unspecified atom stereocenters. The van der Waals surface area contributed by atoms with Crippen LogP contribution >= 0.6 is 0 Å². The summed E-state index contributed by atoms with van der Waals surface area (Å²) in [5.74, 6) is 1.51. The van der Waals surface area contributed by atoms with Crippen molar-refractivity contribution in [2.45, 2.75) is 12.8 Å². The first-order valence-corrected chi connectivity index (χ1v) is 9.73. The number of methoxy groups -OCH3 is 1. The Hall–Kier alpha value is -3.13. The number of hydrogen-bond donors (Lipinski definition) is 2. The molecule has 1 fully saturated rings. The molecule has 0 radical (unpaired) electrons. The van der Waals surface area contributed by atoms with E-state index in [0.717, 1.165) is 45.0 Å². The number of carbonyl (C=O) groups is 2. The summed E-state index contributed by atoms with van der Waals surface area (Å²) in [5.41, 5.74) is 6.12. The molecule has 0 bridgehead atoms. The van der Waals surface area contributed by atoms with Crippen molar-refractivity contribution in [1.82, 2.24) is 9.88 Å². The lowest BCUT2D eigenvalue weighted by atomic mass is 10.0. The van der Waals surface area contributed by atoms with Crippen molar-refractivity contribution in [2.75, 3.05) is 50.1 Å². The Morgan fingerprint density at radius 1 is 1.17 bits per heavy atom. The molecular weight excluding hydrogens is 370 g/mol. The molecule has 8 nitrogen and oxygen atoms in total. The number of anilines is 2. The molecule has 2 heterocycles. The number of nitrogens with one attached hydrogen (secondary N) is 1. The van der Waals surface area contributed by atoms with Crippen LogP contribution in [0.5, 0.6) is 5.75 Å². The van der Waals surface area contributed by atoms with Crippen molar-refractivity contribution < 1.29 is 14.3 Å². The molecule has 1 saturated heterocycles. The number of primary amides is 1. The van der Waals surface area contributed by atoms with Gasteiger partial charge in [-0.1, -0.05) is 6.07 Å². The summed E-state index contributed by atoms with van der Waals surface area (Å²) in [6.07, 6.45) is 3.05. The van der Waals surface area contributed by atoms with E-state index in [1.54, 1.807) is 18.2 Å². The smallest absolute Gasteiger partial charge is 0.316 e. The number of carbonyl (C=O) groups excluding carboxylic acids is 2. The summed E-state index contributed by atoms with van der Waals surface area (Å²) in [4.78, 5) is 32.7. The van der Waals surface area contributed by atoms with Gasteiger partial charge in [-0.05, 0) is 43.3 Å². The predicted molar refractivity (Wildman–Crippen MR) is 113 cm³/mol. The van der Waals surface area contributed by atoms with Crippen molar-refractivity contribution >= 4 is 23.3 Å². The molecule has 29 heavy (non-hydrogen) atoms. The molecule has 1 aliphatic rings. The Balaban J connectivity index is 1.46. The molecule has 8 heteroatoms. The maximum Gasteiger partial charge on any atom is 0.316 e. The van der Waals surface area contributed by atoms with Gasteiger partial charge in [0.25, 0.3) is 0 Å². The van der Waals surface area contributed by atoms with E-state index in [1.165, 1.54) is 7.11 Å². The number of nitrogens with zero attached hydrogens (tertiary/aromatic N) is 3. The second-order valence-corrected chi connectivity index (χ2v) is 6.95. The number of aromatic nitrogens is 1. The molecule has 0 aliphatic carbocycles. The van der Waals surface area contributed by atoms with Gasteiger partial charge in [-0.2, -0.15) is 0 Å². The third kappa shape index (κ3) is 5.68. The molecular formula is C21H27N5O3. The van der Waals surface area contributed by atoms with Crippen LogP contribution in [0, 0.1) is 0 Å². The summed E-state index contributed by atoms with van der Waals surface area (Å²) < 4.78 is 5.19. The number of benzene rings is 1. The summed E-state index contributed by atoms with van der Waals surface area (Å²) >= 11 is 0. The Bertz CT molecular complexity index is 835. The second-order valence-electron chi connectivity index (χ2n) is 6.95. The van der Waals surface area contributed by atoms with Crippen LogP contribution in [0.15, 0.2) is 42.6 Å². The van der Waals surface area contributed by atoms with E-state index < -0.39 is 6.03 Å². The number of Topliss-reactive ketones (excluding diaryl/α,β-unsaturated/α-hetero) is 1. The first kappa shape index (κ1) is 20.6. The van der Waals surface area contributed by atoms with Gasteiger partial charge < -0.3 is 20.7 Å². The van der Waals surface area contributed by atoms with E-state index >= 15 is 0 Å². The number of pyridine rings is 1. The second kappa shape index (κ2) is 9.88. The van der Waals surface area contributed by atoms with E-state index in [-0.39, 0.29) is 5.78 Å². The molecule has 1 aliphatic heterocycles. The first-order valence-electron chi connectivity index (χ1n) is 9.73. The van der Waals surface area contributed by atoms with Gasteiger partial charge in [-0.3, -0.25) is 9.69 Å². The number of rotatable bonds is 8. The van der Waals surface area contributed by atoms with Gasteiger partial charge >= 0.3 is 6.03 Å². The fourth-order valence-corrected chi connectivity index (χ4v) is 3.46. The third-order valence-electron chi connectivity index (χ3n) is 5.00. The topological polar surface area (TPSA) is 101 Å². The van der Waals surface area contributed by atoms with Gasteiger partial charge in [0.05, 0.1) is 12.8 Å². The van der Waals surface area contributed by atoms with Crippen molar-refractivity contribution in [1.29, 1.82) is 0 Å². The molecule has 1 aromatic heterocycles. The van der Waals surface area contributed by atoms with Crippen LogP contribution in [-0.2, 0) is 0 Å². The average Bonchev–Trinajstić information content (AvgIpc) is 2.74. The van der Waals surface area contributed by atoms with Gasteiger partial charge in [0.15, 0.2) is 5.78 Å². The normalized spacial score (nSPS) is 14.4. The summed E-state index contributed by atoms with van der Waals surface area (Å²) in [7, 11) is 1.50. The zero-order valence-corrected chi connectivity index (χ0v) is 16.6. The van der Waals surface area contributed by atoms with Crippen LogP contribution in [0.3, 0.4) is 0 Å². The lowest BCUT2D eigenvalue weighted by Gasteiger charge is -2.35. The molecule has 2 aromatic rings. The quantitative estimate of drug-likeness (QED) is 0.663. The minimum atomic E-state index is -0.697. The maximum absolute atomic E-state index is 12.5. The highest BCUT2D eigenvalue weighted by molar-refractivity contribution is 5.99. The number of amides is 2. The standard InChI is InChI=1S/C21H27N5O3/c1-29-19-8-7-16(15-17(19)24-21(22)28)18(27)5-4-10-25-11-13-26(14-12-25)20-6-2-3-9-23-20/h2-3,6-9,15H,4-5,10-14H2,1H3,(H3,22,24,28). The highest BCUT2D eigenvalue weighted by Crippen LogP contribution is 2.26. The molecule has 154 valence electrons. The lowest BCUT2D eigenvalue weighted by Crippen LogP contribution is -2.46. The number of hydrogen-bond acceptors (Lipinski definition) is 6. The van der Waals surface area contributed by atoms with Crippen molar-refractivity contribution in [2.24, 2.45) is 5.73 Å². The van der Waals surface area contributed by atoms with Crippen molar-refractivity contribution in [3.63, 3.8) is 0 Å². The van der Waals surface area contributed by atoms with E-state index in [1.807, 2.05) is 24.4 Å². The predicted octanol–water partition coefficient (Wildman–Crippen LogP) is 2.37. The number of piperazine rings is 1. The zero-order chi connectivity index (χ0) is 20.6. The fourth-order valence-electron chi connectivity index (χ4n) is 3.46. The largest absolute Gasteiger partial charge is 0.495 e. The van der Waals surface area contributed by atoms with Gasteiger partial charge in [0.2, 0.25) is 0 Å². The molecule has 0 atom stereocenters. The Morgan fingerprint density at radius 2 is 1.97 bits per heavy atom. The van der Waals surface area contributed by atoms with Gasteiger partial charge in [-0.25, -0.2) is 9.78 Å². The third-order valence-corrected chi connectivity index (χ3v) is 5.00. The first-order chi connectivity index (χ1) is 14.1. The summed E-state index contributed by atoms with van der Waals surface area (Å²) in [6.45, 7) is 4.67. The van der Waals surface area contributed by atoms with Gasteiger partial charge in [0.1, 0.15) is 11.6 Å². The number of ketones is 1. The monoisotopic (exact) mass is 397 g/mol. The molecule has 3 rings (SSSR count). The molecule has 0 saturated carbocycles. The van der Waals surface area contributed by atoms with E-state index in [4.69, 9.17) is 10.5 Å². The average molecular weight is 397 g/mol. The van der Waals surface area contributed by atoms with E-state index in [0.29, 0.717) is 23.4 Å². The number of nitrogens with two attached hydrogens (primary N) is 1. The summed E-state index contributed by atoms with van der Waals surface area (Å²) in [5, 5.41) is 2.49. The van der Waals surface area contributed by atoms with Crippen LogP contribution in [0.4, 0.5) is 16.3 Å². The molecule has 0 spiro atoms. The Kier molecular flexibility index (Phi) is 7.02. The minimum absolute atomic E-state index is 0.0345. The van der Waals surface area contributed by atoms with E-state index in [9.17, 15) is 9.59 Å². The zero-order valence-electron chi connectivity index (χ0n) is 16.6. The van der Waals surface area contributed by atoms with Crippen LogP contribution in [0.2, 0.25) is 0 Å². The Labute approximate surface area is 170 Å². The molecule has 2 amide bonds. The SMILES string of the molecule is COc1ccc(C(=O)CCCN2CCN(c3ccccn3)CC2)cc1NC(N)=O. The number of ether oxygens (including phenoxy) is 1. The fraction of sp³-hybridized carbons (Fsp3) is 0.381. The maximum atomic E-state index is 12.5. The Morgan fingerprint density at radius 3 is 2.62 bits per heavy atom. The highest BCUT2D eigenvalue weighted by atomic mass is 16.5. The van der Waals surface area contributed by atoms with Crippen molar-refractivity contribution in [3.05, 3.63) is 48.2 Å². The number of urea groups is 1. The summed E-state index contributed by atoms with van der Waals surface area (Å²) in [6, 6.07) is 10.2.